The molecule has 1 aliphatic carbocycles. The second-order valence-electron chi connectivity index (χ2n) is 7.42. The smallest absolute Gasteiger partial charge is 0.0912 e. The maximum atomic E-state index is 4.64. The number of pyridine rings is 1. The summed E-state index contributed by atoms with van der Waals surface area (Å²) in [5.41, 5.74) is 11.2. The Labute approximate surface area is 193 Å². The minimum Gasteiger partial charge on any atom is -0.276 e. The Morgan fingerprint density at radius 2 is 2.16 bits per heavy atom. The minimum absolute atomic E-state index is 0.882. The van der Waals surface area contributed by atoms with Crippen LogP contribution in [0.3, 0.4) is 0 Å². The van der Waals surface area contributed by atoms with E-state index in [0.717, 1.165) is 45.8 Å². The van der Waals surface area contributed by atoms with Crippen molar-refractivity contribution in [1.29, 1.82) is 0 Å². The van der Waals surface area contributed by atoms with E-state index in [1.54, 1.807) is 11.8 Å². The van der Waals surface area contributed by atoms with Crippen LogP contribution in [0.1, 0.15) is 24.6 Å². The van der Waals surface area contributed by atoms with Gasteiger partial charge < -0.3 is 0 Å². The normalized spacial score (nSPS) is 21.4. The number of nitrogens with one attached hydrogen (secondary N) is 1. The average molecular weight is 436 g/mol. The fraction of sp³-hybridized carbons (Fsp3) is 0.107. The van der Waals surface area contributed by atoms with Crippen molar-refractivity contribution in [3.8, 4) is 11.4 Å². The van der Waals surface area contributed by atoms with E-state index in [0.29, 0.717) is 0 Å². The summed E-state index contributed by atoms with van der Waals surface area (Å²) in [6.45, 7) is 8.37. The van der Waals surface area contributed by atoms with Crippen LogP contribution in [0.25, 0.3) is 17.0 Å². The first-order valence-electron chi connectivity index (χ1n) is 10.5. The summed E-state index contributed by atoms with van der Waals surface area (Å²) < 4.78 is 0. The van der Waals surface area contributed by atoms with Crippen molar-refractivity contribution in [2.75, 3.05) is 0 Å². The summed E-state index contributed by atoms with van der Waals surface area (Å²) in [6, 6.07) is 6.00. The van der Waals surface area contributed by atoms with Gasteiger partial charge in [-0.25, -0.2) is 0 Å². The minimum atomic E-state index is 0.882. The number of aromatic amines is 1. The van der Waals surface area contributed by atoms with Gasteiger partial charge in [-0.15, -0.1) is 5.73 Å². The number of rotatable bonds is 4. The molecule has 2 aromatic heterocycles. The van der Waals surface area contributed by atoms with Gasteiger partial charge in [-0.2, -0.15) is 5.10 Å². The van der Waals surface area contributed by atoms with E-state index in [4.69, 9.17) is 0 Å². The topological polar surface area (TPSA) is 41.6 Å². The highest BCUT2D eigenvalue weighted by Gasteiger charge is 2.13. The van der Waals surface area contributed by atoms with Gasteiger partial charge in [0, 0.05) is 21.6 Å². The molecule has 158 valence electrons. The number of nitrogens with zero attached hydrogens (tertiary/aromatic N) is 2. The molecule has 0 atom stereocenters. The zero-order valence-corrected chi connectivity index (χ0v) is 19.1. The van der Waals surface area contributed by atoms with Gasteiger partial charge in [-0.05, 0) is 66.8 Å². The first-order valence-corrected chi connectivity index (χ1v) is 11.4. The van der Waals surface area contributed by atoms with E-state index in [1.165, 1.54) is 10.5 Å². The number of H-pyrrole nitrogens is 1. The third kappa shape index (κ3) is 5.00. The van der Waals surface area contributed by atoms with E-state index in [1.807, 2.05) is 42.8 Å². The van der Waals surface area contributed by atoms with Crippen LogP contribution in [-0.2, 0) is 0 Å². The summed E-state index contributed by atoms with van der Waals surface area (Å²) in [5, 5.41) is 9.39. The lowest BCUT2D eigenvalue weighted by molar-refractivity contribution is 1.08. The predicted molar refractivity (Wildman–Crippen MR) is 137 cm³/mol. The van der Waals surface area contributed by atoms with Crippen LogP contribution in [0.5, 0.6) is 0 Å². The van der Waals surface area contributed by atoms with E-state index in [-0.39, 0.29) is 0 Å². The van der Waals surface area contributed by atoms with Crippen molar-refractivity contribution in [2.24, 2.45) is 0 Å². The molecule has 0 amide bonds. The molecule has 0 fully saturated rings. The van der Waals surface area contributed by atoms with Crippen molar-refractivity contribution < 1.29 is 0 Å². The van der Waals surface area contributed by atoms with Crippen LogP contribution in [0.4, 0.5) is 0 Å². The Hall–Kier alpha value is -3.59. The summed E-state index contributed by atoms with van der Waals surface area (Å²) in [5.74, 6) is 0. The number of hydrogen-bond acceptors (Lipinski definition) is 3. The van der Waals surface area contributed by atoms with E-state index in [2.05, 4.69) is 83.0 Å². The third-order valence-electron chi connectivity index (χ3n) is 5.18. The van der Waals surface area contributed by atoms with Crippen molar-refractivity contribution in [3.05, 3.63) is 130 Å². The highest BCUT2D eigenvalue weighted by molar-refractivity contribution is 8.06. The van der Waals surface area contributed by atoms with Gasteiger partial charge >= 0.3 is 0 Å². The van der Waals surface area contributed by atoms with Crippen LogP contribution in [-0.4, -0.2) is 15.2 Å². The maximum Gasteiger partial charge on any atom is 0.0912 e. The molecule has 0 spiro atoms. The summed E-state index contributed by atoms with van der Waals surface area (Å²) in [4.78, 5) is 5.88. The lowest BCUT2D eigenvalue weighted by Crippen LogP contribution is -1.92. The van der Waals surface area contributed by atoms with Gasteiger partial charge in [0.15, 0.2) is 0 Å². The molecular weight excluding hydrogens is 410 g/mol. The van der Waals surface area contributed by atoms with Gasteiger partial charge in [0.1, 0.15) is 0 Å². The van der Waals surface area contributed by atoms with Crippen LogP contribution >= 0.6 is 11.8 Å². The van der Waals surface area contributed by atoms with Gasteiger partial charge in [-0.3, -0.25) is 10.1 Å². The van der Waals surface area contributed by atoms with Crippen molar-refractivity contribution >= 4 is 17.3 Å². The quantitative estimate of drug-likeness (QED) is 0.508. The molecule has 0 bridgehead atoms. The molecule has 4 heteroatoms. The molecule has 0 unspecified atom stereocenters. The highest BCUT2D eigenvalue weighted by Crippen LogP contribution is 2.32. The molecule has 0 saturated heterocycles. The van der Waals surface area contributed by atoms with Crippen LogP contribution in [0, 0.1) is 6.92 Å². The summed E-state index contributed by atoms with van der Waals surface area (Å²) in [7, 11) is 0. The van der Waals surface area contributed by atoms with Crippen LogP contribution in [0.2, 0.25) is 0 Å². The molecule has 2 aromatic rings. The number of allylic oxidation sites excluding steroid dienone is 13. The van der Waals surface area contributed by atoms with Gasteiger partial charge in [0.05, 0.1) is 17.6 Å². The lowest BCUT2D eigenvalue weighted by Gasteiger charge is -2.10. The standard InChI is InChI=1S/C28H25N3S/c1-4-22(27-14-6-5-7-17-32-27)18-24-12-9-11-23(16-15-20(24)2)25-19-29-31-28(25)26-13-8-10-21(3)30-26/h4-5,8-19H,2,6H2,1,3H3,(H,29,31)/b12-9+,16-15-,22-4+,23-11-,24-18-. The summed E-state index contributed by atoms with van der Waals surface area (Å²) >= 11 is 1.70. The monoisotopic (exact) mass is 435 g/mol. The average Bonchev–Trinajstić information content (AvgIpc) is 3.12. The fourth-order valence-corrected chi connectivity index (χ4v) is 4.28. The number of thioether (sulfide) groups is 1. The molecule has 1 N–H and O–H groups in total. The van der Waals surface area contributed by atoms with Gasteiger partial charge in [0.2, 0.25) is 0 Å². The largest absolute Gasteiger partial charge is 0.276 e. The number of aromatic nitrogens is 3. The molecule has 3 nitrogen and oxygen atoms in total. The fourth-order valence-electron chi connectivity index (χ4n) is 3.49. The SMILES string of the molecule is C=C1\C=C/C(c2cn[nH]c2-c2cccc(C)n2)=C/C=C/C1=C/C(=C\C)C1=CCC=C=CS1. The Balaban J connectivity index is 1.64. The Morgan fingerprint density at radius 1 is 1.25 bits per heavy atom. The Kier molecular flexibility index (Phi) is 6.86. The molecule has 0 saturated carbocycles. The molecular formula is C28H25N3S. The van der Waals surface area contributed by atoms with E-state index >= 15 is 0 Å². The Morgan fingerprint density at radius 3 is 3.00 bits per heavy atom. The molecule has 32 heavy (non-hydrogen) atoms. The van der Waals surface area contributed by atoms with Crippen LogP contribution in [0.15, 0.2) is 118 Å². The molecule has 0 aromatic carbocycles. The molecule has 2 aliphatic rings. The lowest BCUT2D eigenvalue weighted by atomic mass is 9.96. The highest BCUT2D eigenvalue weighted by atomic mass is 32.2. The maximum absolute atomic E-state index is 4.64. The third-order valence-corrected chi connectivity index (χ3v) is 6.09. The second kappa shape index (κ2) is 10.1. The zero-order chi connectivity index (χ0) is 22.3. The molecule has 3 heterocycles. The predicted octanol–water partition coefficient (Wildman–Crippen LogP) is 7.41. The molecule has 0 radical (unpaired) electrons. The first-order chi connectivity index (χ1) is 15.7. The molecule has 1 aliphatic heterocycles. The van der Waals surface area contributed by atoms with E-state index < -0.39 is 0 Å². The van der Waals surface area contributed by atoms with Gasteiger partial charge in [-0.1, -0.05) is 66.9 Å². The molecule has 4 rings (SSSR count). The zero-order valence-electron chi connectivity index (χ0n) is 18.3. The number of aryl methyl sites for hydroxylation is 1. The van der Waals surface area contributed by atoms with Gasteiger partial charge in [0.25, 0.3) is 0 Å². The second-order valence-corrected chi connectivity index (χ2v) is 8.33. The summed E-state index contributed by atoms with van der Waals surface area (Å²) in [6.07, 6.45) is 21.8. The van der Waals surface area contributed by atoms with Crippen LogP contribution < -0.4 is 0 Å². The first kappa shape index (κ1) is 21.6. The Bertz CT molecular complexity index is 1290. The van der Waals surface area contributed by atoms with E-state index in [9.17, 15) is 0 Å². The van der Waals surface area contributed by atoms with Crippen molar-refractivity contribution in [3.63, 3.8) is 0 Å². The van der Waals surface area contributed by atoms with Crippen molar-refractivity contribution in [1.82, 2.24) is 15.2 Å². The van der Waals surface area contributed by atoms with Crippen molar-refractivity contribution in [2.45, 2.75) is 20.3 Å². The number of hydrogen-bond donors (Lipinski definition) is 1.